The molecule has 2 nitrogen and oxygen atoms in total. The maximum atomic E-state index is 13.1. The second-order valence-corrected chi connectivity index (χ2v) is 4.72. The molecule has 1 heterocycles. The summed E-state index contributed by atoms with van der Waals surface area (Å²) in [5, 5.41) is 0.0976. The van der Waals surface area contributed by atoms with Crippen LogP contribution in [0.4, 0.5) is 4.39 Å². The van der Waals surface area contributed by atoms with Crippen LogP contribution in [-0.4, -0.2) is 6.54 Å². The SMILES string of the molecule is CC(CCN)c1ccc(-c2ccc(F)c(Cl)c2)o1. The molecule has 4 heteroatoms. The normalized spacial score (nSPS) is 12.7. The van der Waals surface area contributed by atoms with Crippen molar-refractivity contribution in [3.05, 3.63) is 46.9 Å². The van der Waals surface area contributed by atoms with E-state index in [-0.39, 0.29) is 10.9 Å². The van der Waals surface area contributed by atoms with E-state index in [0.29, 0.717) is 12.3 Å². The fourth-order valence-electron chi connectivity index (χ4n) is 1.81. The topological polar surface area (TPSA) is 39.2 Å². The molecule has 2 N–H and O–H groups in total. The molecule has 0 fully saturated rings. The first-order valence-electron chi connectivity index (χ1n) is 5.87. The van der Waals surface area contributed by atoms with E-state index >= 15 is 0 Å². The molecule has 1 atom stereocenters. The summed E-state index contributed by atoms with van der Waals surface area (Å²) in [5.74, 6) is 1.43. The average molecular weight is 268 g/mol. The molecule has 2 rings (SSSR count). The number of hydrogen-bond acceptors (Lipinski definition) is 2. The van der Waals surface area contributed by atoms with Crippen molar-refractivity contribution < 1.29 is 8.81 Å². The Balaban J connectivity index is 2.26. The van der Waals surface area contributed by atoms with E-state index in [1.807, 2.05) is 12.1 Å². The third kappa shape index (κ3) is 2.74. The maximum Gasteiger partial charge on any atom is 0.141 e. The molecule has 18 heavy (non-hydrogen) atoms. The number of furan rings is 1. The minimum atomic E-state index is -0.427. The van der Waals surface area contributed by atoms with E-state index < -0.39 is 5.82 Å². The first-order valence-corrected chi connectivity index (χ1v) is 6.25. The third-order valence-electron chi connectivity index (χ3n) is 2.92. The highest BCUT2D eigenvalue weighted by molar-refractivity contribution is 6.31. The second-order valence-electron chi connectivity index (χ2n) is 4.31. The molecule has 0 aliphatic heterocycles. The Hall–Kier alpha value is -1.32. The minimum Gasteiger partial charge on any atom is -0.461 e. The quantitative estimate of drug-likeness (QED) is 0.902. The Labute approximate surface area is 111 Å². The van der Waals surface area contributed by atoms with Crippen LogP contribution in [0.15, 0.2) is 34.7 Å². The molecule has 0 spiro atoms. The summed E-state index contributed by atoms with van der Waals surface area (Å²) in [6.45, 7) is 2.69. The van der Waals surface area contributed by atoms with Crippen LogP contribution in [0.2, 0.25) is 5.02 Å². The molecule has 0 aliphatic rings. The van der Waals surface area contributed by atoms with Crippen LogP contribution >= 0.6 is 11.6 Å². The van der Waals surface area contributed by atoms with Gasteiger partial charge in [-0.1, -0.05) is 18.5 Å². The number of hydrogen-bond donors (Lipinski definition) is 1. The monoisotopic (exact) mass is 267 g/mol. The molecule has 0 amide bonds. The standard InChI is InChI=1S/C14H15ClFNO/c1-9(6-7-17)13-4-5-14(18-13)10-2-3-12(16)11(15)8-10/h2-5,8-9H,6-7,17H2,1H3. The van der Waals surface area contributed by atoms with E-state index in [9.17, 15) is 4.39 Å². The van der Waals surface area contributed by atoms with Crippen molar-refractivity contribution in [1.82, 2.24) is 0 Å². The van der Waals surface area contributed by atoms with Gasteiger partial charge in [-0.3, -0.25) is 0 Å². The summed E-state index contributed by atoms with van der Waals surface area (Å²) in [6.07, 6.45) is 0.872. The molecular weight excluding hydrogens is 253 g/mol. The number of benzene rings is 1. The summed E-state index contributed by atoms with van der Waals surface area (Å²) in [5.41, 5.74) is 6.29. The number of rotatable bonds is 4. The predicted octanol–water partition coefficient (Wildman–Crippen LogP) is 4.19. The molecule has 0 bridgehead atoms. The Morgan fingerprint density at radius 1 is 1.33 bits per heavy atom. The third-order valence-corrected chi connectivity index (χ3v) is 3.21. The van der Waals surface area contributed by atoms with E-state index in [4.69, 9.17) is 21.8 Å². The number of nitrogens with two attached hydrogens (primary N) is 1. The van der Waals surface area contributed by atoms with Crippen molar-refractivity contribution in [2.75, 3.05) is 6.54 Å². The molecule has 2 aromatic rings. The summed E-state index contributed by atoms with van der Waals surface area (Å²) < 4.78 is 18.8. The van der Waals surface area contributed by atoms with Gasteiger partial charge in [0.05, 0.1) is 5.02 Å². The van der Waals surface area contributed by atoms with Crippen molar-refractivity contribution in [2.24, 2.45) is 5.73 Å². The first kappa shape index (κ1) is 13.1. The molecule has 96 valence electrons. The molecule has 1 unspecified atom stereocenters. The van der Waals surface area contributed by atoms with Crippen LogP contribution in [0.5, 0.6) is 0 Å². The van der Waals surface area contributed by atoms with Gasteiger partial charge in [0, 0.05) is 11.5 Å². The van der Waals surface area contributed by atoms with Gasteiger partial charge in [-0.2, -0.15) is 0 Å². The lowest BCUT2D eigenvalue weighted by Gasteiger charge is -2.06. The summed E-state index contributed by atoms with van der Waals surface area (Å²) in [6, 6.07) is 8.34. The summed E-state index contributed by atoms with van der Waals surface area (Å²) in [7, 11) is 0. The summed E-state index contributed by atoms with van der Waals surface area (Å²) >= 11 is 5.75. The Bertz CT molecular complexity index is 538. The van der Waals surface area contributed by atoms with Gasteiger partial charge in [0.2, 0.25) is 0 Å². The lowest BCUT2D eigenvalue weighted by atomic mass is 10.1. The van der Waals surface area contributed by atoms with Gasteiger partial charge in [-0.05, 0) is 43.3 Å². The van der Waals surface area contributed by atoms with Crippen LogP contribution in [0.3, 0.4) is 0 Å². The maximum absolute atomic E-state index is 13.1. The van der Waals surface area contributed by atoms with Crippen LogP contribution in [0.1, 0.15) is 25.0 Å². The minimum absolute atomic E-state index is 0.0976. The van der Waals surface area contributed by atoms with Crippen LogP contribution < -0.4 is 5.73 Å². The zero-order chi connectivity index (χ0) is 13.1. The van der Waals surface area contributed by atoms with Gasteiger partial charge in [0.25, 0.3) is 0 Å². The molecule has 1 aromatic heterocycles. The highest BCUT2D eigenvalue weighted by Crippen LogP contribution is 2.29. The smallest absolute Gasteiger partial charge is 0.141 e. The molecule has 0 saturated carbocycles. The van der Waals surface area contributed by atoms with Crippen LogP contribution in [0.25, 0.3) is 11.3 Å². The van der Waals surface area contributed by atoms with Crippen molar-refractivity contribution in [3.8, 4) is 11.3 Å². The second kappa shape index (κ2) is 5.55. The Kier molecular flexibility index (Phi) is 4.04. The van der Waals surface area contributed by atoms with Crippen molar-refractivity contribution in [3.63, 3.8) is 0 Å². The van der Waals surface area contributed by atoms with Gasteiger partial charge in [-0.25, -0.2) is 4.39 Å². The molecule has 0 radical (unpaired) electrons. The van der Waals surface area contributed by atoms with Crippen molar-refractivity contribution >= 4 is 11.6 Å². The van der Waals surface area contributed by atoms with E-state index in [2.05, 4.69) is 6.92 Å². The van der Waals surface area contributed by atoms with Crippen LogP contribution in [-0.2, 0) is 0 Å². The lowest BCUT2D eigenvalue weighted by Crippen LogP contribution is -2.03. The molecule has 1 aromatic carbocycles. The Morgan fingerprint density at radius 2 is 2.11 bits per heavy atom. The zero-order valence-electron chi connectivity index (χ0n) is 10.1. The molecule has 0 aliphatic carbocycles. The van der Waals surface area contributed by atoms with E-state index in [1.54, 1.807) is 12.1 Å². The van der Waals surface area contributed by atoms with Crippen molar-refractivity contribution in [1.29, 1.82) is 0 Å². The predicted molar refractivity (Wildman–Crippen MR) is 71.2 cm³/mol. The molecule has 0 saturated heterocycles. The molecular formula is C14H15ClFNO. The highest BCUT2D eigenvalue weighted by atomic mass is 35.5. The summed E-state index contributed by atoms with van der Waals surface area (Å²) in [4.78, 5) is 0. The number of halogens is 2. The lowest BCUT2D eigenvalue weighted by molar-refractivity contribution is 0.474. The van der Waals surface area contributed by atoms with Gasteiger partial charge < -0.3 is 10.2 Å². The highest BCUT2D eigenvalue weighted by Gasteiger charge is 2.11. The van der Waals surface area contributed by atoms with Gasteiger partial charge in [0.15, 0.2) is 0 Å². The van der Waals surface area contributed by atoms with E-state index in [1.165, 1.54) is 6.07 Å². The van der Waals surface area contributed by atoms with Gasteiger partial charge >= 0.3 is 0 Å². The first-order chi connectivity index (χ1) is 8.61. The van der Waals surface area contributed by atoms with E-state index in [0.717, 1.165) is 17.7 Å². The van der Waals surface area contributed by atoms with Crippen molar-refractivity contribution in [2.45, 2.75) is 19.3 Å². The van der Waals surface area contributed by atoms with Crippen LogP contribution in [0, 0.1) is 5.82 Å². The van der Waals surface area contributed by atoms with Gasteiger partial charge in [-0.15, -0.1) is 0 Å². The largest absolute Gasteiger partial charge is 0.461 e. The fraction of sp³-hybridized carbons (Fsp3) is 0.286. The fourth-order valence-corrected chi connectivity index (χ4v) is 2.00. The zero-order valence-corrected chi connectivity index (χ0v) is 10.9. The Morgan fingerprint density at radius 3 is 2.78 bits per heavy atom. The average Bonchev–Trinajstić information content (AvgIpc) is 2.82. The van der Waals surface area contributed by atoms with Gasteiger partial charge in [0.1, 0.15) is 17.3 Å².